The van der Waals surface area contributed by atoms with E-state index in [1.165, 1.54) is 6.92 Å². The lowest BCUT2D eigenvalue weighted by Crippen LogP contribution is -2.37. The molecule has 0 aromatic rings. The number of Topliss-reactive ketones (excluding diaryl/α,β-unsaturated/α-hetero) is 1. The third-order valence-electron chi connectivity index (χ3n) is 2.81. The van der Waals surface area contributed by atoms with Crippen LogP contribution in [0.4, 0.5) is 4.79 Å². The molecular formula is C19H31NO7. The van der Waals surface area contributed by atoms with Crippen molar-refractivity contribution in [2.45, 2.75) is 66.1 Å². The molecule has 0 unspecified atom stereocenters. The summed E-state index contributed by atoms with van der Waals surface area (Å²) in [5, 5.41) is 2.33. The molecule has 0 rings (SSSR count). The van der Waals surface area contributed by atoms with E-state index in [1.807, 2.05) is 0 Å². The number of esters is 2. The van der Waals surface area contributed by atoms with E-state index in [4.69, 9.17) is 14.2 Å². The fourth-order valence-corrected chi connectivity index (χ4v) is 1.73. The fraction of sp³-hybridized carbons (Fsp3) is 0.684. The number of hydrogen-bond acceptors (Lipinski definition) is 7. The largest absolute Gasteiger partial charge is 0.461 e. The van der Waals surface area contributed by atoms with Crippen LogP contribution >= 0.6 is 0 Å². The maximum Gasteiger partial charge on any atom is 0.408 e. The molecule has 8 heteroatoms. The molecule has 0 spiro atoms. The molecule has 0 radical (unpaired) electrons. The Morgan fingerprint density at radius 1 is 0.963 bits per heavy atom. The summed E-state index contributed by atoms with van der Waals surface area (Å²) in [5.41, 5.74) is -1.27. The molecular weight excluding hydrogens is 354 g/mol. The average molecular weight is 385 g/mol. The zero-order chi connectivity index (χ0) is 21.4. The van der Waals surface area contributed by atoms with E-state index in [9.17, 15) is 19.2 Å². The number of carbonyl (C=O) groups excluding carboxylic acids is 4. The maximum absolute atomic E-state index is 12.3. The summed E-state index contributed by atoms with van der Waals surface area (Å²) in [7, 11) is 0. The molecule has 0 bridgehead atoms. The molecule has 0 heterocycles. The smallest absolute Gasteiger partial charge is 0.408 e. The van der Waals surface area contributed by atoms with Crippen LogP contribution < -0.4 is 5.32 Å². The molecule has 0 saturated heterocycles. The first-order chi connectivity index (χ1) is 12.1. The normalized spacial score (nSPS) is 12.6. The quantitative estimate of drug-likeness (QED) is 0.388. The van der Waals surface area contributed by atoms with Gasteiger partial charge in [0.15, 0.2) is 5.78 Å². The summed E-state index contributed by atoms with van der Waals surface area (Å²) in [4.78, 5) is 47.6. The van der Waals surface area contributed by atoms with E-state index < -0.39 is 40.9 Å². The van der Waals surface area contributed by atoms with Crippen LogP contribution in [0, 0.1) is 5.92 Å². The molecule has 0 aliphatic rings. The summed E-state index contributed by atoms with van der Waals surface area (Å²) >= 11 is 0. The minimum atomic E-state index is -0.986. The molecule has 0 aromatic heterocycles. The summed E-state index contributed by atoms with van der Waals surface area (Å²) in [6.45, 7) is 14.4. The van der Waals surface area contributed by atoms with Crippen molar-refractivity contribution in [1.82, 2.24) is 5.32 Å². The van der Waals surface area contributed by atoms with E-state index in [2.05, 4.69) is 11.9 Å². The Balaban J connectivity index is 4.83. The second kappa shape index (κ2) is 10.1. The van der Waals surface area contributed by atoms with Gasteiger partial charge in [0.2, 0.25) is 0 Å². The predicted octanol–water partition coefficient (Wildman–Crippen LogP) is 2.55. The molecule has 1 N–H and O–H groups in total. The zero-order valence-corrected chi connectivity index (χ0v) is 17.3. The van der Waals surface area contributed by atoms with Crippen molar-refractivity contribution < 1.29 is 33.4 Å². The zero-order valence-electron chi connectivity index (χ0n) is 17.3. The lowest BCUT2D eigenvalue weighted by Gasteiger charge is -2.24. The Morgan fingerprint density at radius 2 is 1.48 bits per heavy atom. The number of hydrogen-bond donors (Lipinski definition) is 1. The highest BCUT2D eigenvalue weighted by atomic mass is 16.6. The number of alkyl carbamates (subject to hydrolysis) is 1. The van der Waals surface area contributed by atoms with Crippen LogP contribution in [0.25, 0.3) is 0 Å². The van der Waals surface area contributed by atoms with E-state index in [-0.39, 0.29) is 25.1 Å². The first kappa shape index (κ1) is 24.6. The number of carbonyl (C=O) groups is 4. The number of ether oxygens (including phenoxy) is 3. The SMILES string of the molecule is C=C(C)C(=O)OC[C@H](CC(=O)CNC(=O)OC(C)(C)C)C(=O)OC(C)(C)C. The van der Waals surface area contributed by atoms with Crippen molar-refractivity contribution in [2.24, 2.45) is 5.92 Å². The lowest BCUT2D eigenvalue weighted by atomic mass is 10.0. The third kappa shape index (κ3) is 12.6. The van der Waals surface area contributed by atoms with E-state index in [0.29, 0.717) is 0 Å². The minimum Gasteiger partial charge on any atom is -0.461 e. The average Bonchev–Trinajstić information content (AvgIpc) is 2.45. The van der Waals surface area contributed by atoms with Crippen molar-refractivity contribution in [3.63, 3.8) is 0 Å². The molecule has 1 amide bonds. The van der Waals surface area contributed by atoms with Gasteiger partial charge in [0.1, 0.15) is 17.8 Å². The van der Waals surface area contributed by atoms with Crippen LogP contribution in [0.1, 0.15) is 54.9 Å². The molecule has 0 fully saturated rings. The van der Waals surface area contributed by atoms with E-state index >= 15 is 0 Å². The monoisotopic (exact) mass is 385 g/mol. The fourth-order valence-electron chi connectivity index (χ4n) is 1.73. The van der Waals surface area contributed by atoms with Gasteiger partial charge in [-0.15, -0.1) is 0 Å². The van der Waals surface area contributed by atoms with Gasteiger partial charge in [0.05, 0.1) is 12.5 Å². The lowest BCUT2D eigenvalue weighted by molar-refractivity contribution is -0.164. The van der Waals surface area contributed by atoms with Crippen molar-refractivity contribution in [3.05, 3.63) is 12.2 Å². The maximum atomic E-state index is 12.3. The standard InChI is InChI=1S/C19H31NO7/c1-12(2)15(22)25-11-13(16(23)26-18(3,4)5)9-14(21)10-20-17(24)27-19(6,7)8/h13H,1,9-11H2,2-8H3,(H,20,24)/t13-/m0/s1. The Labute approximate surface area is 160 Å². The highest BCUT2D eigenvalue weighted by Crippen LogP contribution is 2.15. The van der Waals surface area contributed by atoms with Gasteiger partial charge < -0.3 is 19.5 Å². The molecule has 154 valence electrons. The second-order valence-corrected chi connectivity index (χ2v) is 8.21. The Hall–Kier alpha value is -2.38. The number of nitrogens with one attached hydrogen (secondary N) is 1. The van der Waals surface area contributed by atoms with Crippen molar-refractivity contribution in [3.8, 4) is 0 Å². The van der Waals surface area contributed by atoms with Gasteiger partial charge in [-0.2, -0.15) is 0 Å². The van der Waals surface area contributed by atoms with Gasteiger partial charge in [-0.1, -0.05) is 6.58 Å². The highest BCUT2D eigenvalue weighted by molar-refractivity contribution is 5.89. The van der Waals surface area contributed by atoms with Crippen LogP contribution in [0.5, 0.6) is 0 Å². The number of amides is 1. The minimum absolute atomic E-state index is 0.177. The van der Waals surface area contributed by atoms with Crippen LogP contribution in [-0.4, -0.2) is 48.2 Å². The van der Waals surface area contributed by atoms with Gasteiger partial charge in [0.25, 0.3) is 0 Å². The molecule has 8 nitrogen and oxygen atoms in total. The first-order valence-electron chi connectivity index (χ1n) is 8.65. The molecule has 0 aliphatic carbocycles. The van der Waals surface area contributed by atoms with Crippen LogP contribution in [0.2, 0.25) is 0 Å². The molecule has 0 saturated carbocycles. The summed E-state index contributed by atoms with van der Waals surface area (Å²) in [6.07, 6.45) is -0.993. The number of rotatable bonds is 8. The molecule has 1 atom stereocenters. The molecule has 0 aliphatic heterocycles. The van der Waals surface area contributed by atoms with Gasteiger partial charge in [0, 0.05) is 12.0 Å². The van der Waals surface area contributed by atoms with Gasteiger partial charge in [-0.05, 0) is 48.5 Å². The van der Waals surface area contributed by atoms with Gasteiger partial charge in [-0.3, -0.25) is 9.59 Å². The Morgan fingerprint density at radius 3 is 1.93 bits per heavy atom. The topological polar surface area (TPSA) is 108 Å². The van der Waals surface area contributed by atoms with Crippen LogP contribution in [0.15, 0.2) is 12.2 Å². The number of ketones is 1. The molecule has 27 heavy (non-hydrogen) atoms. The van der Waals surface area contributed by atoms with Gasteiger partial charge >= 0.3 is 18.0 Å². The summed E-state index contributed by atoms with van der Waals surface area (Å²) in [6, 6.07) is 0. The Bertz CT molecular complexity index is 582. The predicted molar refractivity (Wildman–Crippen MR) is 99.0 cm³/mol. The third-order valence-corrected chi connectivity index (χ3v) is 2.81. The first-order valence-corrected chi connectivity index (χ1v) is 8.65. The molecule has 0 aromatic carbocycles. The summed E-state index contributed by atoms with van der Waals surface area (Å²) in [5.74, 6) is -2.74. The van der Waals surface area contributed by atoms with Crippen LogP contribution in [-0.2, 0) is 28.6 Å². The summed E-state index contributed by atoms with van der Waals surface area (Å²) < 4.78 is 15.3. The highest BCUT2D eigenvalue weighted by Gasteiger charge is 2.29. The Kier molecular flexibility index (Phi) is 9.19. The van der Waals surface area contributed by atoms with Crippen molar-refractivity contribution in [1.29, 1.82) is 0 Å². The van der Waals surface area contributed by atoms with Crippen molar-refractivity contribution >= 4 is 23.8 Å². The van der Waals surface area contributed by atoms with Crippen LogP contribution in [0.3, 0.4) is 0 Å². The van der Waals surface area contributed by atoms with E-state index in [1.54, 1.807) is 41.5 Å². The van der Waals surface area contributed by atoms with Crippen molar-refractivity contribution in [2.75, 3.05) is 13.2 Å². The van der Waals surface area contributed by atoms with E-state index in [0.717, 1.165) is 0 Å². The second-order valence-electron chi connectivity index (χ2n) is 8.21. The van der Waals surface area contributed by atoms with Gasteiger partial charge in [-0.25, -0.2) is 9.59 Å².